The van der Waals surface area contributed by atoms with Gasteiger partial charge in [0.1, 0.15) is 23.9 Å². The van der Waals surface area contributed by atoms with Crippen molar-refractivity contribution in [3.8, 4) is 0 Å². The zero-order valence-electron chi connectivity index (χ0n) is 18.9. The van der Waals surface area contributed by atoms with Gasteiger partial charge in [-0.3, -0.25) is 9.89 Å². The average Bonchev–Trinajstić information content (AvgIpc) is 2.89. The first-order valence-electron chi connectivity index (χ1n) is 10.4. The SMILES string of the molecule is C/C=C\C=C(\OC)C(=C=C1OCC2=NCC(C)=C(C(F)(F)F)N2c2ccc(C)cc21)CC. The summed E-state index contributed by atoms with van der Waals surface area (Å²) in [6.07, 6.45) is 1.63. The second kappa shape index (κ2) is 9.53. The van der Waals surface area contributed by atoms with Crippen LogP contribution in [0.4, 0.5) is 18.9 Å². The third kappa shape index (κ3) is 4.68. The number of hydrogen-bond donors (Lipinski definition) is 0. The Hall–Kier alpha value is -3.18. The fourth-order valence-electron chi connectivity index (χ4n) is 3.70. The molecule has 2 aliphatic rings. The molecule has 0 saturated carbocycles. The zero-order chi connectivity index (χ0) is 23.5. The van der Waals surface area contributed by atoms with E-state index in [2.05, 4.69) is 10.7 Å². The number of ether oxygens (including phenoxy) is 2. The molecule has 0 spiro atoms. The van der Waals surface area contributed by atoms with Crippen molar-refractivity contribution in [3.63, 3.8) is 0 Å². The van der Waals surface area contributed by atoms with Crippen molar-refractivity contribution in [1.82, 2.24) is 0 Å². The topological polar surface area (TPSA) is 34.1 Å². The lowest BCUT2D eigenvalue weighted by Gasteiger charge is -2.33. The predicted octanol–water partition coefficient (Wildman–Crippen LogP) is 6.46. The minimum Gasteiger partial charge on any atom is -0.496 e. The molecular weight excluding hydrogens is 417 g/mol. The summed E-state index contributed by atoms with van der Waals surface area (Å²) in [7, 11) is 1.57. The zero-order valence-corrected chi connectivity index (χ0v) is 18.9. The van der Waals surface area contributed by atoms with Gasteiger partial charge in [-0.1, -0.05) is 36.4 Å². The lowest BCUT2D eigenvalue weighted by Crippen LogP contribution is -2.42. The van der Waals surface area contributed by atoms with E-state index in [0.717, 1.165) is 11.1 Å². The third-order valence-electron chi connectivity index (χ3n) is 5.21. The maximum absolute atomic E-state index is 14.0. The molecule has 0 unspecified atom stereocenters. The molecule has 4 nitrogen and oxygen atoms in total. The van der Waals surface area contributed by atoms with Crippen LogP contribution in [-0.2, 0) is 9.47 Å². The molecule has 0 aromatic heterocycles. The maximum Gasteiger partial charge on any atom is 0.431 e. The van der Waals surface area contributed by atoms with E-state index in [1.165, 1.54) is 11.8 Å². The van der Waals surface area contributed by atoms with Crippen LogP contribution in [0.3, 0.4) is 0 Å². The van der Waals surface area contributed by atoms with E-state index in [4.69, 9.17) is 9.47 Å². The van der Waals surface area contributed by atoms with Gasteiger partial charge in [-0.2, -0.15) is 13.2 Å². The van der Waals surface area contributed by atoms with Crippen molar-refractivity contribution in [2.24, 2.45) is 4.99 Å². The lowest BCUT2D eigenvalue weighted by molar-refractivity contribution is -0.0932. The van der Waals surface area contributed by atoms with Gasteiger partial charge in [-0.25, -0.2) is 0 Å². The number of rotatable bonds is 4. The summed E-state index contributed by atoms with van der Waals surface area (Å²) in [5.74, 6) is 1.20. The Morgan fingerprint density at radius 2 is 2.06 bits per heavy atom. The molecule has 0 amide bonds. The molecule has 0 atom stereocenters. The summed E-state index contributed by atoms with van der Waals surface area (Å²) in [4.78, 5) is 5.55. The van der Waals surface area contributed by atoms with Crippen molar-refractivity contribution in [3.05, 3.63) is 75.9 Å². The third-order valence-corrected chi connectivity index (χ3v) is 5.21. The molecule has 1 aromatic carbocycles. The van der Waals surface area contributed by atoms with Crippen molar-refractivity contribution in [1.29, 1.82) is 0 Å². The second-order valence-corrected chi connectivity index (χ2v) is 7.55. The van der Waals surface area contributed by atoms with Crippen molar-refractivity contribution in [2.45, 2.75) is 40.3 Å². The number of alkyl halides is 3. The van der Waals surface area contributed by atoms with Gasteiger partial charge in [-0.15, -0.1) is 0 Å². The minimum atomic E-state index is -4.52. The van der Waals surface area contributed by atoms with E-state index >= 15 is 0 Å². The Morgan fingerprint density at radius 1 is 1.31 bits per heavy atom. The number of nitrogens with zero attached hydrogens (tertiary/aromatic N) is 2. The molecule has 170 valence electrons. The number of hydrogen-bond acceptors (Lipinski definition) is 4. The van der Waals surface area contributed by atoms with Crippen LogP contribution in [0.25, 0.3) is 5.76 Å². The molecule has 0 fully saturated rings. The molecule has 0 radical (unpaired) electrons. The van der Waals surface area contributed by atoms with Crippen molar-refractivity contribution >= 4 is 17.3 Å². The van der Waals surface area contributed by atoms with Crippen molar-refractivity contribution in [2.75, 3.05) is 25.2 Å². The summed E-state index contributed by atoms with van der Waals surface area (Å²) in [5.41, 5.74) is 5.27. The predicted molar refractivity (Wildman–Crippen MR) is 121 cm³/mol. The number of allylic oxidation sites excluding steroid dienone is 5. The number of benzene rings is 1. The number of aryl methyl sites for hydroxylation is 1. The number of halogens is 3. The first-order valence-corrected chi connectivity index (χ1v) is 10.4. The average molecular weight is 444 g/mol. The first kappa shape index (κ1) is 23.5. The van der Waals surface area contributed by atoms with Crippen LogP contribution in [0, 0.1) is 6.92 Å². The van der Waals surface area contributed by atoms with Gasteiger partial charge in [0.15, 0.2) is 5.76 Å². The van der Waals surface area contributed by atoms with Crippen molar-refractivity contribution < 1.29 is 22.6 Å². The minimum absolute atomic E-state index is 0.0136. The highest BCUT2D eigenvalue weighted by molar-refractivity contribution is 6.06. The molecule has 0 N–H and O–H groups in total. The van der Waals surface area contributed by atoms with E-state index in [9.17, 15) is 13.2 Å². The summed E-state index contributed by atoms with van der Waals surface area (Å²) in [6.45, 7) is 7.10. The Bertz CT molecular complexity index is 1080. The lowest BCUT2D eigenvalue weighted by atomic mass is 10.0. The van der Waals surface area contributed by atoms with Gasteiger partial charge in [0.25, 0.3) is 0 Å². The summed E-state index contributed by atoms with van der Waals surface area (Å²) in [5, 5.41) is 0. The number of fused-ring (bicyclic) bond motifs is 3. The molecule has 3 rings (SSSR count). The molecule has 7 heteroatoms. The molecular formula is C25H27F3N2O2. The van der Waals surface area contributed by atoms with Gasteiger partial charge in [0.05, 0.1) is 19.3 Å². The van der Waals surface area contributed by atoms with Gasteiger partial charge >= 0.3 is 6.18 Å². The number of anilines is 1. The first-order chi connectivity index (χ1) is 15.2. The highest BCUT2D eigenvalue weighted by atomic mass is 19.4. The number of methoxy groups -OCH3 is 1. The van der Waals surface area contributed by atoms with E-state index in [-0.39, 0.29) is 24.6 Å². The number of amidine groups is 1. The summed E-state index contributed by atoms with van der Waals surface area (Å²) >= 11 is 0. The maximum atomic E-state index is 14.0. The van der Waals surface area contributed by atoms with Crippen LogP contribution < -0.4 is 4.90 Å². The molecule has 1 aromatic rings. The molecule has 0 saturated heterocycles. The summed E-state index contributed by atoms with van der Waals surface area (Å²) in [6, 6.07) is 5.28. The standard InChI is InChI=1S/C25H27F3N2O2/c1-6-8-9-21(31-5)18(7-2)13-22-19-12-16(3)10-11-20(19)30-23(15-32-22)29-14-17(4)24(30)25(26,27)28/h6,8-12H,7,14-15H2,1-5H3/b8-6-,21-9+. The Morgan fingerprint density at radius 3 is 2.69 bits per heavy atom. The van der Waals surface area contributed by atoms with Crippen LogP contribution in [-0.4, -0.2) is 32.3 Å². The van der Waals surface area contributed by atoms with Gasteiger partial charge in [0, 0.05) is 11.1 Å². The van der Waals surface area contributed by atoms with Crippen LogP contribution in [0.5, 0.6) is 0 Å². The molecule has 0 bridgehead atoms. The summed E-state index contributed by atoms with van der Waals surface area (Å²) < 4.78 is 53.7. The monoisotopic (exact) mass is 444 g/mol. The van der Waals surface area contributed by atoms with Crippen LogP contribution in [0.15, 0.2) is 69.8 Å². The fraction of sp³-hybridized carbons (Fsp3) is 0.360. The number of aliphatic imine (C=N–C) groups is 1. The van der Waals surface area contributed by atoms with Gasteiger partial charge in [-0.05, 0) is 51.0 Å². The van der Waals surface area contributed by atoms with Crippen LogP contribution in [0.1, 0.15) is 38.3 Å². The second-order valence-electron chi connectivity index (χ2n) is 7.55. The smallest absolute Gasteiger partial charge is 0.431 e. The highest BCUT2D eigenvalue weighted by Gasteiger charge is 2.44. The van der Waals surface area contributed by atoms with Gasteiger partial charge < -0.3 is 9.47 Å². The van der Waals surface area contributed by atoms with E-state index in [1.54, 1.807) is 19.2 Å². The Kier molecular flexibility index (Phi) is 6.99. The largest absolute Gasteiger partial charge is 0.496 e. The van der Waals surface area contributed by atoms with Crippen LogP contribution >= 0.6 is 0 Å². The Labute approximate surface area is 186 Å². The van der Waals surface area contributed by atoms with Crippen LogP contribution in [0.2, 0.25) is 0 Å². The fourth-order valence-corrected chi connectivity index (χ4v) is 3.70. The van der Waals surface area contributed by atoms with E-state index < -0.39 is 11.9 Å². The molecule has 2 aliphatic heterocycles. The van der Waals surface area contributed by atoms with E-state index in [0.29, 0.717) is 29.2 Å². The highest BCUT2D eigenvalue weighted by Crippen LogP contribution is 2.42. The van der Waals surface area contributed by atoms with E-state index in [1.807, 2.05) is 45.1 Å². The van der Waals surface area contributed by atoms with Gasteiger partial charge in [0.2, 0.25) is 0 Å². The molecule has 0 aliphatic carbocycles. The molecule has 2 heterocycles. The normalized spacial score (nSPS) is 16.8. The quantitative estimate of drug-likeness (QED) is 0.304. The molecule has 32 heavy (non-hydrogen) atoms. The Balaban J connectivity index is 2.30.